The monoisotopic (exact) mass is 530 g/mol. The minimum Gasteiger partial charge on any atom is -0.495 e. The number of rotatable bonds is 9. The summed E-state index contributed by atoms with van der Waals surface area (Å²) in [5, 5.41) is 2.49. The smallest absolute Gasteiger partial charge is 0.304 e. The second-order valence-corrected chi connectivity index (χ2v) is 11.7. The molecular weight excluding hydrogens is 503 g/mol. The molecule has 0 radical (unpaired) electrons. The van der Waals surface area contributed by atoms with Gasteiger partial charge < -0.3 is 14.8 Å². The highest BCUT2D eigenvalue weighted by Gasteiger charge is 2.31. The first-order valence-corrected chi connectivity index (χ1v) is 13.3. The van der Waals surface area contributed by atoms with E-state index in [1.807, 2.05) is 0 Å². The van der Waals surface area contributed by atoms with Crippen LogP contribution in [-0.2, 0) is 29.8 Å². The second kappa shape index (κ2) is 10.9. The largest absolute Gasteiger partial charge is 0.495 e. The van der Waals surface area contributed by atoms with E-state index in [2.05, 4.69) is 5.32 Å². The van der Waals surface area contributed by atoms with Gasteiger partial charge in [-0.15, -0.1) is 0 Å². The zero-order chi connectivity index (χ0) is 25.8. The number of anilines is 2. The molecule has 3 rings (SSSR count). The van der Waals surface area contributed by atoms with Crippen LogP contribution in [0.15, 0.2) is 47.4 Å². The summed E-state index contributed by atoms with van der Waals surface area (Å²) >= 11 is 0. The first kappa shape index (κ1) is 26.8. The van der Waals surface area contributed by atoms with Crippen LogP contribution in [0.25, 0.3) is 0 Å². The van der Waals surface area contributed by atoms with Crippen LogP contribution >= 0.6 is 0 Å². The molecule has 1 N–H and O–H groups in total. The Labute approximate surface area is 204 Å². The Morgan fingerprint density at radius 2 is 1.77 bits per heavy atom. The summed E-state index contributed by atoms with van der Waals surface area (Å²) in [4.78, 5) is 12.7. The molecule has 11 nitrogen and oxygen atoms in total. The van der Waals surface area contributed by atoms with Gasteiger partial charge in [0.1, 0.15) is 23.0 Å². The Morgan fingerprint density at radius 3 is 2.37 bits per heavy atom. The van der Waals surface area contributed by atoms with E-state index in [-0.39, 0.29) is 48.3 Å². The van der Waals surface area contributed by atoms with E-state index in [4.69, 9.17) is 9.47 Å². The molecule has 2 aromatic rings. The lowest BCUT2D eigenvalue weighted by molar-refractivity contribution is -0.114. The van der Waals surface area contributed by atoms with Gasteiger partial charge in [-0.3, -0.25) is 4.79 Å². The number of nitrogens with one attached hydrogen (secondary N) is 1. The predicted octanol–water partition coefficient (Wildman–Crippen LogP) is 1.11. The molecule has 0 spiro atoms. The fraction of sp³-hybridized carbons (Fsp3) is 0.381. The minimum atomic E-state index is -4.23. The molecular formula is C21H27FN4O7S2. The predicted molar refractivity (Wildman–Crippen MR) is 128 cm³/mol. The molecule has 0 aromatic heterocycles. The summed E-state index contributed by atoms with van der Waals surface area (Å²) in [7, 11) is -4.34. The molecule has 0 saturated carbocycles. The van der Waals surface area contributed by atoms with Crippen molar-refractivity contribution in [3.8, 4) is 5.75 Å². The van der Waals surface area contributed by atoms with Gasteiger partial charge in [-0.2, -0.15) is 17.0 Å². The van der Waals surface area contributed by atoms with Crippen molar-refractivity contribution in [2.24, 2.45) is 0 Å². The number of morpholine rings is 1. The van der Waals surface area contributed by atoms with E-state index < -0.39 is 38.5 Å². The Bertz CT molecular complexity index is 1280. The summed E-state index contributed by atoms with van der Waals surface area (Å²) in [6.45, 7) is 0.0948. The molecule has 0 bridgehead atoms. The number of sulfonamides is 1. The highest BCUT2D eigenvalue weighted by molar-refractivity contribution is 7.90. The second-order valence-electron chi connectivity index (χ2n) is 7.68. The maximum Gasteiger partial charge on any atom is 0.304 e. The topological polar surface area (TPSA) is 126 Å². The van der Waals surface area contributed by atoms with E-state index in [0.29, 0.717) is 4.31 Å². The van der Waals surface area contributed by atoms with Crippen LogP contribution in [0.4, 0.5) is 15.8 Å². The van der Waals surface area contributed by atoms with E-state index in [9.17, 15) is 26.0 Å². The number of carbonyl (C=O) groups is 1. The van der Waals surface area contributed by atoms with Crippen molar-refractivity contribution in [3.05, 3.63) is 48.3 Å². The average molecular weight is 531 g/mol. The number of ether oxygens (including phenoxy) is 2. The fourth-order valence-electron chi connectivity index (χ4n) is 3.36. The number of benzene rings is 2. The Kier molecular flexibility index (Phi) is 8.33. The number of para-hydroxylation sites is 1. The van der Waals surface area contributed by atoms with Gasteiger partial charge in [-0.1, -0.05) is 12.1 Å². The molecule has 1 aliphatic heterocycles. The van der Waals surface area contributed by atoms with Crippen LogP contribution in [0, 0.1) is 5.82 Å². The Morgan fingerprint density at radius 1 is 1.11 bits per heavy atom. The number of halogens is 1. The molecule has 1 heterocycles. The maximum atomic E-state index is 14.4. The molecule has 192 valence electrons. The first-order valence-electron chi connectivity index (χ1n) is 10.5. The molecule has 1 aliphatic rings. The fourth-order valence-corrected chi connectivity index (χ4v) is 6.02. The number of amides is 1. The van der Waals surface area contributed by atoms with Crippen molar-refractivity contribution >= 4 is 37.5 Å². The van der Waals surface area contributed by atoms with Gasteiger partial charge in [0.05, 0.1) is 26.0 Å². The van der Waals surface area contributed by atoms with Gasteiger partial charge in [-0.05, 0) is 30.3 Å². The van der Waals surface area contributed by atoms with Crippen molar-refractivity contribution in [3.63, 3.8) is 0 Å². The third kappa shape index (κ3) is 5.90. The molecule has 1 saturated heterocycles. The number of hydrogen-bond acceptors (Lipinski definition) is 7. The maximum absolute atomic E-state index is 14.4. The van der Waals surface area contributed by atoms with Crippen molar-refractivity contribution in [1.29, 1.82) is 0 Å². The average Bonchev–Trinajstić information content (AvgIpc) is 2.83. The quantitative estimate of drug-likeness (QED) is 0.515. The number of hydrogen-bond donors (Lipinski definition) is 1. The van der Waals surface area contributed by atoms with E-state index in [0.717, 1.165) is 10.4 Å². The Hall–Kier alpha value is -2.78. The summed E-state index contributed by atoms with van der Waals surface area (Å²) in [6.07, 6.45) is 0. The van der Waals surface area contributed by atoms with E-state index in [1.165, 1.54) is 61.9 Å². The van der Waals surface area contributed by atoms with Crippen LogP contribution in [-0.4, -0.2) is 85.4 Å². The summed E-state index contributed by atoms with van der Waals surface area (Å²) in [5.74, 6) is -1.55. The molecule has 2 aromatic carbocycles. The van der Waals surface area contributed by atoms with Crippen LogP contribution in [0.5, 0.6) is 5.75 Å². The lowest BCUT2D eigenvalue weighted by Crippen LogP contribution is -2.44. The summed E-state index contributed by atoms with van der Waals surface area (Å²) in [5.41, 5.74) is -0.208. The third-order valence-corrected chi connectivity index (χ3v) is 8.91. The van der Waals surface area contributed by atoms with Crippen molar-refractivity contribution in [1.82, 2.24) is 8.61 Å². The van der Waals surface area contributed by atoms with Crippen molar-refractivity contribution in [2.75, 3.05) is 63.7 Å². The Balaban J connectivity index is 1.90. The van der Waals surface area contributed by atoms with Crippen molar-refractivity contribution in [2.45, 2.75) is 4.90 Å². The molecule has 14 heteroatoms. The highest BCUT2D eigenvalue weighted by atomic mass is 32.2. The number of methoxy groups -OCH3 is 1. The first-order chi connectivity index (χ1) is 16.5. The highest BCUT2D eigenvalue weighted by Crippen LogP contribution is 2.30. The van der Waals surface area contributed by atoms with Crippen LogP contribution in [0.1, 0.15) is 0 Å². The summed E-state index contributed by atoms with van der Waals surface area (Å²) in [6, 6.07) is 9.20. The van der Waals surface area contributed by atoms with Gasteiger partial charge in [0.15, 0.2) is 0 Å². The van der Waals surface area contributed by atoms with E-state index in [1.54, 1.807) is 0 Å². The van der Waals surface area contributed by atoms with Crippen LogP contribution in [0.2, 0.25) is 0 Å². The zero-order valence-corrected chi connectivity index (χ0v) is 21.1. The molecule has 0 aliphatic carbocycles. The standard InChI is InChI=1S/C21H27FN4O7S2/c1-24(2)35(30,31)26(18-7-5-4-6-17(18)22)15-21(27)23-16-8-9-19(32-3)20(14-16)34(28,29)25-10-12-33-13-11-25/h4-9,14H,10-13,15H2,1-3H3,(H,23,27). The van der Waals surface area contributed by atoms with Gasteiger partial charge in [0, 0.05) is 32.9 Å². The molecule has 0 unspecified atom stereocenters. The molecule has 1 fully saturated rings. The van der Waals surface area contributed by atoms with Gasteiger partial charge >= 0.3 is 10.2 Å². The zero-order valence-electron chi connectivity index (χ0n) is 19.5. The third-order valence-electron chi connectivity index (χ3n) is 5.18. The van der Waals surface area contributed by atoms with Gasteiger partial charge in [0.2, 0.25) is 15.9 Å². The van der Waals surface area contributed by atoms with Gasteiger partial charge in [0.25, 0.3) is 0 Å². The molecule has 35 heavy (non-hydrogen) atoms. The van der Waals surface area contributed by atoms with E-state index >= 15 is 0 Å². The number of nitrogens with zero attached hydrogens (tertiary/aromatic N) is 3. The van der Waals surface area contributed by atoms with Crippen molar-refractivity contribution < 1.29 is 35.5 Å². The van der Waals surface area contributed by atoms with Gasteiger partial charge in [-0.25, -0.2) is 17.1 Å². The molecule has 1 amide bonds. The lowest BCUT2D eigenvalue weighted by atomic mass is 10.3. The number of carbonyl (C=O) groups excluding carboxylic acids is 1. The normalized spacial score (nSPS) is 15.1. The lowest BCUT2D eigenvalue weighted by Gasteiger charge is -2.27. The SMILES string of the molecule is COc1ccc(NC(=O)CN(c2ccccc2F)S(=O)(=O)N(C)C)cc1S(=O)(=O)N1CCOCC1. The minimum absolute atomic E-state index is 0.0812. The van der Waals surface area contributed by atoms with Crippen LogP contribution < -0.4 is 14.4 Å². The summed E-state index contributed by atoms with van der Waals surface area (Å²) < 4.78 is 79.5. The molecule has 0 atom stereocenters. The van der Waals surface area contributed by atoms with Crippen LogP contribution in [0.3, 0.4) is 0 Å².